The number of hydrogen-bond donors (Lipinski definition) is 1. The predicted molar refractivity (Wildman–Crippen MR) is 68.3 cm³/mol. The second-order valence-corrected chi connectivity index (χ2v) is 4.37. The van der Waals surface area contributed by atoms with Crippen molar-refractivity contribution < 1.29 is 4.74 Å². The van der Waals surface area contributed by atoms with Crippen molar-refractivity contribution in [3.05, 3.63) is 22.7 Å². The van der Waals surface area contributed by atoms with E-state index in [0.29, 0.717) is 0 Å². The van der Waals surface area contributed by atoms with Crippen LogP contribution in [0, 0.1) is 0 Å². The molecule has 2 rings (SSSR count). The molecule has 0 saturated carbocycles. The Labute approximate surface area is 101 Å². The number of rotatable bonds is 2. The fourth-order valence-corrected chi connectivity index (χ4v) is 2.46. The maximum absolute atomic E-state index is 6.28. The first-order valence-corrected chi connectivity index (χ1v) is 6.00. The van der Waals surface area contributed by atoms with Gasteiger partial charge >= 0.3 is 0 Å². The van der Waals surface area contributed by atoms with Gasteiger partial charge in [0.1, 0.15) is 0 Å². The third-order valence-electron chi connectivity index (χ3n) is 2.87. The lowest BCUT2D eigenvalue weighted by Crippen LogP contribution is -2.37. The zero-order valence-corrected chi connectivity index (χ0v) is 10.3. The van der Waals surface area contributed by atoms with E-state index in [2.05, 4.69) is 11.8 Å². The summed E-state index contributed by atoms with van der Waals surface area (Å²) in [5.74, 6) is 0. The molecule has 1 fully saturated rings. The number of benzene rings is 1. The summed E-state index contributed by atoms with van der Waals surface area (Å²) in [6.45, 7) is 5.45. The van der Waals surface area contributed by atoms with Gasteiger partial charge in [0.25, 0.3) is 0 Å². The van der Waals surface area contributed by atoms with Crippen molar-refractivity contribution in [2.24, 2.45) is 0 Å². The fraction of sp³-hybridized carbons (Fsp3) is 0.500. The average Bonchev–Trinajstić information content (AvgIpc) is 2.29. The molecule has 1 saturated heterocycles. The number of ether oxygens (including phenoxy) is 1. The van der Waals surface area contributed by atoms with E-state index in [4.69, 9.17) is 22.1 Å². The van der Waals surface area contributed by atoms with Gasteiger partial charge in [-0.25, -0.2) is 0 Å². The Morgan fingerprint density at radius 2 is 2.06 bits per heavy atom. The first-order valence-electron chi connectivity index (χ1n) is 5.63. The summed E-state index contributed by atoms with van der Waals surface area (Å²) in [5.41, 5.74) is 8.88. The maximum atomic E-state index is 6.28. The zero-order valence-electron chi connectivity index (χ0n) is 9.50. The van der Waals surface area contributed by atoms with Gasteiger partial charge in [-0.1, -0.05) is 18.5 Å². The van der Waals surface area contributed by atoms with Crippen molar-refractivity contribution >= 4 is 23.0 Å². The van der Waals surface area contributed by atoms with Gasteiger partial charge in [-0.3, -0.25) is 0 Å². The molecule has 3 nitrogen and oxygen atoms in total. The summed E-state index contributed by atoms with van der Waals surface area (Å²) in [6.07, 6.45) is 0.942. The van der Waals surface area contributed by atoms with Gasteiger partial charge in [0, 0.05) is 18.8 Å². The van der Waals surface area contributed by atoms with E-state index < -0.39 is 0 Å². The highest BCUT2D eigenvalue weighted by molar-refractivity contribution is 6.33. The van der Waals surface area contributed by atoms with E-state index in [-0.39, 0.29) is 0 Å². The lowest BCUT2D eigenvalue weighted by atomic mass is 10.1. The topological polar surface area (TPSA) is 38.5 Å². The molecule has 16 heavy (non-hydrogen) atoms. The molecule has 88 valence electrons. The van der Waals surface area contributed by atoms with Crippen LogP contribution in [-0.4, -0.2) is 26.3 Å². The first kappa shape index (κ1) is 11.6. The quantitative estimate of drug-likeness (QED) is 0.807. The highest BCUT2D eigenvalue weighted by atomic mass is 35.5. The van der Waals surface area contributed by atoms with E-state index in [1.165, 1.54) is 5.56 Å². The number of morpholine rings is 1. The summed E-state index contributed by atoms with van der Waals surface area (Å²) in [6, 6.07) is 3.84. The van der Waals surface area contributed by atoms with Crippen molar-refractivity contribution in [2.75, 3.05) is 36.9 Å². The number of anilines is 2. The highest BCUT2D eigenvalue weighted by Crippen LogP contribution is 2.33. The van der Waals surface area contributed by atoms with E-state index in [1.54, 1.807) is 0 Å². The van der Waals surface area contributed by atoms with Crippen LogP contribution in [-0.2, 0) is 11.2 Å². The number of nitrogen functional groups attached to an aromatic ring is 1. The molecule has 0 bridgehead atoms. The molecule has 1 aromatic carbocycles. The van der Waals surface area contributed by atoms with Crippen LogP contribution in [0.1, 0.15) is 12.5 Å². The van der Waals surface area contributed by atoms with Crippen LogP contribution >= 0.6 is 11.6 Å². The van der Waals surface area contributed by atoms with Crippen LogP contribution in [0.2, 0.25) is 5.02 Å². The molecule has 0 radical (unpaired) electrons. The standard InChI is InChI=1S/C12H17ClN2O/c1-2-9-7-10(14)8-11(13)12(9)15-3-5-16-6-4-15/h7-8H,2-6,14H2,1H3. The molecule has 0 spiro atoms. The van der Waals surface area contributed by atoms with E-state index in [9.17, 15) is 0 Å². The van der Waals surface area contributed by atoms with E-state index >= 15 is 0 Å². The lowest BCUT2D eigenvalue weighted by molar-refractivity contribution is 0.122. The molecular formula is C12H17ClN2O. The van der Waals surface area contributed by atoms with Gasteiger partial charge in [0.2, 0.25) is 0 Å². The molecule has 0 aliphatic carbocycles. The van der Waals surface area contributed by atoms with Crippen LogP contribution in [0.5, 0.6) is 0 Å². The Kier molecular flexibility index (Phi) is 3.56. The number of halogens is 1. The van der Waals surface area contributed by atoms with Gasteiger partial charge < -0.3 is 15.4 Å². The molecule has 0 amide bonds. The zero-order chi connectivity index (χ0) is 11.5. The van der Waals surface area contributed by atoms with Crippen molar-refractivity contribution in [1.82, 2.24) is 0 Å². The van der Waals surface area contributed by atoms with Crippen LogP contribution < -0.4 is 10.6 Å². The van der Waals surface area contributed by atoms with Gasteiger partial charge in [-0.05, 0) is 24.1 Å². The Morgan fingerprint density at radius 1 is 1.38 bits per heavy atom. The van der Waals surface area contributed by atoms with E-state index in [0.717, 1.165) is 49.1 Å². The Balaban J connectivity index is 2.37. The van der Waals surface area contributed by atoms with Crippen molar-refractivity contribution in [3.8, 4) is 0 Å². The van der Waals surface area contributed by atoms with Crippen molar-refractivity contribution in [3.63, 3.8) is 0 Å². The molecule has 0 unspecified atom stereocenters. The minimum Gasteiger partial charge on any atom is -0.399 e. The van der Waals surface area contributed by atoms with Crippen LogP contribution in [0.25, 0.3) is 0 Å². The maximum Gasteiger partial charge on any atom is 0.0662 e. The van der Waals surface area contributed by atoms with Gasteiger partial charge in [0.05, 0.1) is 23.9 Å². The van der Waals surface area contributed by atoms with Crippen molar-refractivity contribution in [1.29, 1.82) is 0 Å². The largest absolute Gasteiger partial charge is 0.399 e. The molecule has 1 aromatic rings. The lowest BCUT2D eigenvalue weighted by Gasteiger charge is -2.31. The molecule has 4 heteroatoms. The molecule has 1 aliphatic heterocycles. The molecule has 1 aliphatic rings. The monoisotopic (exact) mass is 240 g/mol. The third kappa shape index (κ3) is 2.25. The molecule has 0 aromatic heterocycles. The molecule has 0 atom stereocenters. The Hall–Kier alpha value is -0.930. The first-order chi connectivity index (χ1) is 7.72. The molecular weight excluding hydrogens is 224 g/mol. The number of nitrogens with zero attached hydrogens (tertiary/aromatic N) is 1. The fourth-order valence-electron chi connectivity index (χ4n) is 2.09. The minimum atomic E-state index is 0.735. The summed E-state index contributed by atoms with van der Waals surface area (Å²) >= 11 is 6.28. The summed E-state index contributed by atoms with van der Waals surface area (Å²) in [5, 5.41) is 0.749. The molecule has 1 heterocycles. The average molecular weight is 241 g/mol. The SMILES string of the molecule is CCc1cc(N)cc(Cl)c1N1CCOCC1. The van der Waals surface area contributed by atoms with Crippen molar-refractivity contribution in [2.45, 2.75) is 13.3 Å². The Bertz CT molecular complexity index is 376. The minimum absolute atomic E-state index is 0.735. The molecule has 2 N–H and O–H groups in total. The second kappa shape index (κ2) is 4.93. The predicted octanol–water partition coefficient (Wildman–Crippen LogP) is 2.32. The summed E-state index contributed by atoms with van der Waals surface area (Å²) in [7, 11) is 0. The van der Waals surface area contributed by atoms with Crippen LogP contribution in [0.4, 0.5) is 11.4 Å². The smallest absolute Gasteiger partial charge is 0.0662 e. The number of nitrogens with two attached hydrogens (primary N) is 1. The third-order valence-corrected chi connectivity index (χ3v) is 3.16. The van der Waals surface area contributed by atoms with Crippen LogP contribution in [0.3, 0.4) is 0 Å². The van der Waals surface area contributed by atoms with E-state index in [1.807, 2.05) is 12.1 Å². The van der Waals surface area contributed by atoms with Gasteiger partial charge in [0.15, 0.2) is 0 Å². The number of aryl methyl sites for hydroxylation is 1. The second-order valence-electron chi connectivity index (χ2n) is 3.96. The highest BCUT2D eigenvalue weighted by Gasteiger charge is 2.17. The van der Waals surface area contributed by atoms with Gasteiger partial charge in [-0.2, -0.15) is 0 Å². The van der Waals surface area contributed by atoms with Gasteiger partial charge in [-0.15, -0.1) is 0 Å². The Morgan fingerprint density at radius 3 is 2.69 bits per heavy atom. The summed E-state index contributed by atoms with van der Waals surface area (Å²) < 4.78 is 5.35. The summed E-state index contributed by atoms with van der Waals surface area (Å²) in [4.78, 5) is 2.28. The normalized spacial score (nSPS) is 16.5. The van der Waals surface area contributed by atoms with Crippen LogP contribution in [0.15, 0.2) is 12.1 Å². The number of hydrogen-bond acceptors (Lipinski definition) is 3.